The number of ether oxygens (including phenoxy) is 1. The number of rotatable bonds is 6. The normalized spacial score (nSPS) is 26.9. The molecule has 1 fully saturated rings. The maximum atomic E-state index is 11.0. The number of aliphatic hydroxyl groups is 1. The van der Waals surface area contributed by atoms with Crippen LogP contribution >= 0.6 is 0 Å². The molecule has 3 aliphatic rings. The van der Waals surface area contributed by atoms with Gasteiger partial charge in [0.05, 0.1) is 0 Å². The van der Waals surface area contributed by atoms with Gasteiger partial charge in [-0.3, -0.25) is 4.90 Å². The van der Waals surface area contributed by atoms with Crippen molar-refractivity contribution in [3.63, 3.8) is 0 Å². The smallest absolute Gasteiger partial charge is 0.130 e. The Kier molecular flexibility index (Phi) is 16.5. The number of hydroxylamine groups is 2. The largest absolute Gasteiger partial charge is 0.487 e. The lowest BCUT2D eigenvalue weighted by Crippen LogP contribution is -2.54. The summed E-state index contributed by atoms with van der Waals surface area (Å²) in [6.45, 7) is 38.2. The van der Waals surface area contributed by atoms with E-state index in [-0.39, 0.29) is 28.1 Å². The predicted octanol–water partition coefficient (Wildman–Crippen LogP) is 8.41. The molecular weight excluding hydrogens is 534 g/mol. The zero-order valence-electron chi connectivity index (χ0n) is 31.7. The first-order valence-electron chi connectivity index (χ1n) is 17.5. The number of nitrogens with one attached hydrogen (secondary N) is 1. The Morgan fingerprint density at radius 2 is 1.44 bits per heavy atom. The minimum Gasteiger partial charge on any atom is -0.487 e. The molecule has 6 heteroatoms. The van der Waals surface area contributed by atoms with E-state index in [0.29, 0.717) is 18.4 Å². The summed E-state index contributed by atoms with van der Waals surface area (Å²) in [5.41, 5.74) is 3.45. The van der Waals surface area contributed by atoms with Crippen LogP contribution in [0.15, 0.2) is 12.1 Å². The second-order valence-corrected chi connectivity index (χ2v) is 13.8. The van der Waals surface area contributed by atoms with Gasteiger partial charge in [0.1, 0.15) is 18.0 Å². The van der Waals surface area contributed by atoms with Crippen molar-refractivity contribution in [3.05, 3.63) is 28.8 Å². The maximum absolute atomic E-state index is 11.0. The summed E-state index contributed by atoms with van der Waals surface area (Å²) in [5.74, 6) is 1.75. The molecule has 1 aromatic carbocycles. The maximum Gasteiger partial charge on any atom is 0.130 e. The van der Waals surface area contributed by atoms with Gasteiger partial charge in [-0.25, -0.2) is 0 Å². The Hall–Kier alpha value is -1.18. The number of hydrogen-bond acceptors (Lipinski definition) is 6. The first-order valence-corrected chi connectivity index (χ1v) is 17.5. The van der Waals surface area contributed by atoms with Crippen molar-refractivity contribution < 1.29 is 15.1 Å². The standard InChI is InChI=1S/C29H49N3O3.4C2H6/c1-18(2)29(9)17-31(10)28(7,8)21-11-19-12-25(35-24(19)13-22(21)29)23(33)16-30-15-20-14-26(3,4)32(34)27(20,5)6;4*1-2/h11,13,18,20,23,25,30,33-34H,12,14-17H2,1-10H3;4*1-2H3. The van der Waals surface area contributed by atoms with Crippen molar-refractivity contribution in [2.45, 2.75) is 165 Å². The summed E-state index contributed by atoms with van der Waals surface area (Å²) in [5, 5.41) is 26.6. The molecule has 6 nitrogen and oxygen atoms in total. The molecule has 3 N–H and O–H groups in total. The molecule has 0 spiro atoms. The molecule has 0 aromatic heterocycles. The summed E-state index contributed by atoms with van der Waals surface area (Å²) >= 11 is 0. The van der Waals surface area contributed by atoms with Crippen LogP contribution in [-0.2, 0) is 17.4 Å². The van der Waals surface area contributed by atoms with Crippen LogP contribution in [0.4, 0.5) is 0 Å². The van der Waals surface area contributed by atoms with Gasteiger partial charge in [0.15, 0.2) is 0 Å². The molecule has 43 heavy (non-hydrogen) atoms. The van der Waals surface area contributed by atoms with Crippen LogP contribution in [0.3, 0.4) is 0 Å². The average molecular weight is 608 g/mol. The molecule has 3 aliphatic heterocycles. The zero-order valence-corrected chi connectivity index (χ0v) is 31.7. The minimum atomic E-state index is -0.589. The molecule has 254 valence electrons. The van der Waals surface area contributed by atoms with Gasteiger partial charge in [0.2, 0.25) is 0 Å². The molecule has 0 saturated carbocycles. The molecule has 1 aromatic rings. The van der Waals surface area contributed by atoms with Gasteiger partial charge in [-0.1, -0.05) is 76.2 Å². The fourth-order valence-corrected chi connectivity index (χ4v) is 6.73. The second kappa shape index (κ2) is 16.9. The van der Waals surface area contributed by atoms with Gasteiger partial charge in [0, 0.05) is 41.5 Å². The van der Waals surface area contributed by atoms with Crippen molar-refractivity contribution in [1.29, 1.82) is 0 Å². The number of hydrogen-bond donors (Lipinski definition) is 3. The second-order valence-electron chi connectivity index (χ2n) is 13.8. The topological polar surface area (TPSA) is 68.2 Å². The van der Waals surface area contributed by atoms with Crippen LogP contribution in [0.5, 0.6) is 5.75 Å². The van der Waals surface area contributed by atoms with Gasteiger partial charge in [-0.15, -0.1) is 0 Å². The Morgan fingerprint density at radius 3 is 1.91 bits per heavy atom. The lowest BCUT2D eigenvalue weighted by molar-refractivity contribution is -0.196. The van der Waals surface area contributed by atoms with Crippen LogP contribution in [0.1, 0.15) is 141 Å². The predicted molar refractivity (Wildman–Crippen MR) is 187 cm³/mol. The van der Waals surface area contributed by atoms with E-state index >= 15 is 0 Å². The highest BCUT2D eigenvalue weighted by atomic mass is 16.5. The first-order chi connectivity index (χ1) is 20.0. The van der Waals surface area contributed by atoms with E-state index in [1.165, 1.54) is 21.8 Å². The Bertz CT molecular complexity index is 959. The molecule has 4 rings (SSSR count). The number of nitrogens with zero attached hydrogens (tertiary/aromatic N) is 2. The molecule has 4 unspecified atom stereocenters. The molecule has 0 amide bonds. The van der Waals surface area contributed by atoms with Gasteiger partial charge in [-0.2, -0.15) is 5.06 Å². The molecular formula is C37H73N3O3. The average Bonchev–Trinajstić information content (AvgIpc) is 3.48. The Balaban J connectivity index is 0.00000204. The molecule has 3 heterocycles. The van der Waals surface area contributed by atoms with Crippen molar-refractivity contribution in [1.82, 2.24) is 15.3 Å². The summed E-state index contributed by atoms with van der Waals surface area (Å²) in [6, 6.07) is 4.62. The number of fused-ring (bicyclic) bond motifs is 2. The van der Waals surface area contributed by atoms with E-state index < -0.39 is 6.10 Å². The van der Waals surface area contributed by atoms with Gasteiger partial charge >= 0.3 is 0 Å². The third-order valence-electron chi connectivity index (χ3n) is 10.0. The first kappa shape index (κ1) is 41.8. The van der Waals surface area contributed by atoms with Gasteiger partial charge < -0.3 is 20.4 Å². The lowest BCUT2D eigenvalue weighted by Gasteiger charge is -2.51. The number of likely N-dealkylation sites (N-methyl/N-ethyl adjacent to an activating group) is 1. The number of benzene rings is 1. The highest BCUT2D eigenvalue weighted by Crippen LogP contribution is 2.49. The van der Waals surface area contributed by atoms with Crippen LogP contribution in [0, 0.1) is 11.8 Å². The van der Waals surface area contributed by atoms with Crippen molar-refractivity contribution in [2.75, 3.05) is 26.7 Å². The van der Waals surface area contributed by atoms with E-state index in [2.05, 4.69) is 91.7 Å². The Labute approximate surface area is 267 Å². The molecule has 0 radical (unpaired) electrons. The zero-order chi connectivity index (χ0) is 34.1. The molecule has 1 saturated heterocycles. The fraction of sp³-hybridized carbons (Fsp3) is 0.838. The van der Waals surface area contributed by atoms with E-state index in [0.717, 1.165) is 31.7 Å². The van der Waals surface area contributed by atoms with E-state index in [1.54, 1.807) is 0 Å². The van der Waals surface area contributed by atoms with Gasteiger partial charge in [-0.05, 0) is 102 Å². The Morgan fingerprint density at radius 1 is 0.907 bits per heavy atom. The van der Waals surface area contributed by atoms with Crippen molar-refractivity contribution >= 4 is 0 Å². The van der Waals surface area contributed by atoms with Crippen molar-refractivity contribution in [3.8, 4) is 5.75 Å². The SMILES string of the molecule is CC.CC.CC.CC.CC(C)C1(C)CN(C)C(C)(C)c2cc3c(cc21)OC(C(O)CNCC1CC(C)(C)N(O)C1(C)C)C3. The van der Waals surface area contributed by atoms with Crippen LogP contribution in [0.2, 0.25) is 0 Å². The highest BCUT2D eigenvalue weighted by molar-refractivity contribution is 5.52. The number of aliphatic hydroxyl groups excluding tert-OH is 1. The highest BCUT2D eigenvalue weighted by Gasteiger charge is 2.51. The third kappa shape index (κ3) is 8.55. The summed E-state index contributed by atoms with van der Waals surface area (Å²) in [6.07, 6.45) is 0.815. The molecule has 4 atom stereocenters. The van der Waals surface area contributed by atoms with E-state index in [9.17, 15) is 10.3 Å². The van der Waals surface area contributed by atoms with E-state index in [4.69, 9.17) is 4.74 Å². The molecule has 0 bridgehead atoms. The minimum absolute atomic E-state index is 0.0422. The summed E-state index contributed by atoms with van der Waals surface area (Å²) < 4.78 is 6.36. The third-order valence-corrected chi connectivity index (χ3v) is 10.0. The monoisotopic (exact) mass is 608 g/mol. The lowest BCUT2D eigenvalue weighted by atomic mass is 9.65. The van der Waals surface area contributed by atoms with Gasteiger partial charge in [0.25, 0.3) is 0 Å². The van der Waals surface area contributed by atoms with Crippen LogP contribution < -0.4 is 10.1 Å². The fourth-order valence-electron chi connectivity index (χ4n) is 6.73. The summed E-state index contributed by atoms with van der Waals surface area (Å²) in [4.78, 5) is 2.48. The summed E-state index contributed by atoms with van der Waals surface area (Å²) in [7, 11) is 2.23. The van der Waals surface area contributed by atoms with Crippen LogP contribution in [-0.4, -0.2) is 70.2 Å². The van der Waals surface area contributed by atoms with E-state index in [1.807, 2.05) is 55.4 Å². The van der Waals surface area contributed by atoms with Crippen LogP contribution in [0.25, 0.3) is 0 Å². The quantitative estimate of drug-likeness (QED) is 0.302. The van der Waals surface area contributed by atoms with Crippen molar-refractivity contribution in [2.24, 2.45) is 11.8 Å². The molecule has 0 aliphatic carbocycles.